The molecule has 0 aliphatic rings. The summed E-state index contributed by atoms with van der Waals surface area (Å²) in [5.41, 5.74) is -0.120. The van der Waals surface area contributed by atoms with Crippen LogP contribution < -0.4 is 4.74 Å². The fraction of sp³-hybridized carbons (Fsp3) is 0.333. The number of nitro groups is 1. The molecule has 0 aliphatic carbocycles. The van der Waals surface area contributed by atoms with Crippen LogP contribution in [0.4, 0.5) is 5.69 Å². The van der Waals surface area contributed by atoms with Gasteiger partial charge in [-0.1, -0.05) is 6.07 Å². The lowest BCUT2D eigenvalue weighted by Gasteiger charge is -2.09. The molecule has 0 fully saturated rings. The lowest BCUT2D eigenvalue weighted by Crippen LogP contribution is -2.13. The molecule has 1 N–H and O–H groups in total. The summed E-state index contributed by atoms with van der Waals surface area (Å²) in [5, 5.41) is 19.7. The van der Waals surface area contributed by atoms with Gasteiger partial charge in [-0.25, -0.2) is 0 Å². The minimum Gasteiger partial charge on any atom is -0.483 e. The van der Waals surface area contributed by atoms with Crippen molar-refractivity contribution >= 4 is 21.6 Å². The highest BCUT2D eigenvalue weighted by Crippen LogP contribution is 2.34. The number of nitrogens with zero attached hydrogens (tertiary/aromatic N) is 1. The van der Waals surface area contributed by atoms with Crippen molar-refractivity contribution in [3.63, 3.8) is 0 Å². The molecule has 0 radical (unpaired) electrons. The number of ether oxygens (including phenoxy) is 1. The van der Waals surface area contributed by atoms with Gasteiger partial charge in [0.2, 0.25) is 5.75 Å². The second-order valence-corrected chi connectivity index (χ2v) is 3.86. The average molecular weight is 276 g/mol. The second-order valence-electron chi connectivity index (χ2n) is 3.01. The Morgan fingerprint density at radius 2 is 2.33 bits per heavy atom. The molecule has 5 nitrogen and oxygen atoms in total. The molecule has 0 spiro atoms. The molecule has 82 valence electrons. The van der Waals surface area contributed by atoms with Gasteiger partial charge in [0, 0.05) is 6.07 Å². The quantitative estimate of drug-likeness (QED) is 0.675. The normalized spacial score (nSPS) is 12.2. The van der Waals surface area contributed by atoms with Crippen molar-refractivity contribution < 1.29 is 14.8 Å². The molecule has 15 heavy (non-hydrogen) atoms. The van der Waals surface area contributed by atoms with Crippen LogP contribution in [0.2, 0.25) is 0 Å². The highest BCUT2D eigenvalue weighted by atomic mass is 79.9. The van der Waals surface area contributed by atoms with E-state index in [-0.39, 0.29) is 18.0 Å². The van der Waals surface area contributed by atoms with E-state index in [1.165, 1.54) is 6.07 Å². The van der Waals surface area contributed by atoms with E-state index in [9.17, 15) is 10.1 Å². The predicted molar refractivity (Wildman–Crippen MR) is 58.0 cm³/mol. The van der Waals surface area contributed by atoms with Crippen LogP contribution >= 0.6 is 15.9 Å². The number of benzene rings is 1. The van der Waals surface area contributed by atoms with E-state index in [1.807, 2.05) is 0 Å². The SMILES string of the molecule is C[C@H](O)COc1c(Br)cccc1[N+](=O)[O-]. The van der Waals surface area contributed by atoms with Crippen molar-refractivity contribution in [2.75, 3.05) is 6.61 Å². The zero-order valence-corrected chi connectivity index (χ0v) is 9.60. The van der Waals surface area contributed by atoms with E-state index in [1.54, 1.807) is 19.1 Å². The Balaban J connectivity index is 2.97. The van der Waals surface area contributed by atoms with Crippen molar-refractivity contribution in [2.24, 2.45) is 0 Å². The van der Waals surface area contributed by atoms with Crippen LogP contribution in [0, 0.1) is 10.1 Å². The van der Waals surface area contributed by atoms with Crippen molar-refractivity contribution in [2.45, 2.75) is 13.0 Å². The molecular formula is C9H10BrNO4. The summed E-state index contributed by atoms with van der Waals surface area (Å²) >= 11 is 3.15. The fourth-order valence-corrected chi connectivity index (χ4v) is 1.46. The van der Waals surface area contributed by atoms with Gasteiger partial charge in [-0.15, -0.1) is 0 Å². The molecule has 1 aromatic rings. The number of aliphatic hydroxyl groups excluding tert-OH is 1. The molecule has 0 saturated heterocycles. The number of hydrogen-bond donors (Lipinski definition) is 1. The Morgan fingerprint density at radius 3 is 2.87 bits per heavy atom. The summed E-state index contributed by atoms with van der Waals surface area (Å²) in [7, 11) is 0. The van der Waals surface area contributed by atoms with Gasteiger partial charge >= 0.3 is 5.69 Å². The monoisotopic (exact) mass is 275 g/mol. The van der Waals surface area contributed by atoms with Gasteiger partial charge in [0.1, 0.15) is 6.61 Å². The second kappa shape index (κ2) is 5.09. The maximum atomic E-state index is 10.7. The third-order valence-electron chi connectivity index (χ3n) is 1.61. The highest BCUT2D eigenvalue weighted by molar-refractivity contribution is 9.10. The molecule has 0 bridgehead atoms. The first-order valence-electron chi connectivity index (χ1n) is 4.26. The van der Waals surface area contributed by atoms with Gasteiger partial charge in [0.15, 0.2) is 0 Å². The van der Waals surface area contributed by atoms with Crippen LogP contribution in [-0.2, 0) is 0 Å². The first-order valence-corrected chi connectivity index (χ1v) is 5.05. The Hall–Kier alpha value is -1.14. The van der Waals surface area contributed by atoms with Crippen LogP contribution in [0.15, 0.2) is 22.7 Å². The Bertz CT molecular complexity index is 367. The van der Waals surface area contributed by atoms with Crippen LogP contribution in [-0.4, -0.2) is 22.7 Å². The Labute approximate surface area is 95.0 Å². The van der Waals surface area contributed by atoms with Crippen molar-refractivity contribution in [3.8, 4) is 5.75 Å². The van der Waals surface area contributed by atoms with Crippen molar-refractivity contribution in [3.05, 3.63) is 32.8 Å². The zero-order valence-electron chi connectivity index (χ0n) is 8.01. The van der Waals surface area contributed by atoms with Crippen LogP contribution in [0.3, 0.4) is 0 Å². The van der Waals surface area contributed by atoms with Gasteiger partial charge in [0.25, 0.3) is 0 Å². The summed E-state index contributed by atoms with van der Waals surface area (Å²) < 4.78 is 5.65. The molecule has 6 heteroatoms. The van der Waals surface area contributed by atoms with Gasteiger partial charge in [0.05, 0.1) is 15.5 Å². The van der Waals surface area contributed by atoms with Gasteiger partial charge in [-0.2, -0.15) is 0 Å². The topological polar surface area (TPSA) is 72.6 Å². The van der Waals surface area contributed by atoms with E-state index in [4.69, 9.17) is 9.84 Å². The van der Waals surface area contributed by atoms with Crippen LogP contribution in [0.5, 0.6) is 5.75 Å². The molecule has 0 unspecified atom stereocenters. The lowest BCUT2D eigenvalue weighted by atomic mass is 10.3. The van der Waals surface area contributed by atoms with Gasteiger partial charge in [-0.05, 0) is 28.9 Å². The number of para-hydroxylation sites is 1. The smallest absolute Gasteiger partial charge is 0.312 e. The summed E-state index contributed by atoms with van der Waals surface area (Å²) in [4.78, 5) is 10.1. The third kappa shape index (κ3) is 3.17. The third-order valence-corrected chi connectivity index (χ3v) is 2.24. The molecule has 1 atom stereocenters. The summed E-state index contributed by atoms with van der Waals surface area (Å²) in [6.45, 7) is 1.56. The van der Waals surface area contributed by atoms with E-state index in [0.717, 1.165) is 0 Å². The number of nitro benzene ring substituents is 1. The predicted octanol–water partition coefficient (Wildman–Crippen LogP) is 2.12. The Morgan fingerprint density at radius 1 is 1.67 bits per heavy atom. The van der Waals surface area contributed by atoms with Crippen LogP contribution in [0.25, 0.3) is 0 Å². The standard InChI is InChI=1S/C9H10BrNO4/c1-6(12)5-15-9-7(10)3-2-4-8(9)11(13)14/h2-4,6,12H,5H2,1H3/t6-/m0/s1. The number of halogens is 1. The maximum absolute atomic E-state index is 10.7. The molecule has 1 rings (SSSR count). The molecule has 0 aromatic heterocycles. The summed E-state index contributed by atoms with van der Waals surface area (Å²) in [6, 6.07) is 4.55. The molecule has 0 saturated carbocycles. The van der Waals surface area contributed by atoms with E-state index < -0.39 is 11.0 Å². The molecule has 0 amide bonds. The first kappa shape index (κ1) is 11.9. The zero-order chi connectivity index (χ0) is 11.4. The van der Waals surface area contributed by atoms with Crippen LogP contribution in [0.1, 0.15) is 6.92 Å². The fourth-order valence-electron chi connectivity index (χ4n) is 0.988. The first-order chi connectivity index (χ1) is 7.02. The minimum absolute atomic E-state index is 0.0173. The minimum atomic E-state index is -0.670. The number of aliphatic hydroxyl groups is 1. The Kier molecular flexibility index (Phi) is 4.05. The molecule has 0 heterocycles. The number of rotatable bonds is 4. The summed E-state index contributed by atoms with van der Waals surface area (Å²) in [6.07, 6.45) is -0.670. The van der Waals surface area contributed by atoms with Gasteiger partial charge < -0.3 is 9.84 Å². The van der Waals surface area contributed by atoms with E-state index >= 15 is 0 Å². The number of hydrogen-bond acceptors (Lipinski definition) is 4. The molecule has 1 aromatic carbocycles. The highest BCUT2D eigenvalue weighted by Gasteiger charge is 2.18. The largest absolute Gasteiger partial charge is 0.483 e. The molecular weight excluding hydrogens is 266 g/mol. The maximum Gasteiger partial charge on any atom is 0.312 e. The van der Waals surface area contributed by atoms with Crippen molar-refractivity contribution in [1.29, 1.82) is 0 Å². The summed E-state index contributed by atoms with van der Waals surface area (Å²) in [5.74, 6) is 0.142. The van der Waals surface area contributed by atoms with E-state index in [2.05, 4.69) is 15.9 Å². The average Bonchev–Trinajstić information content (AvgIpc) is 2.15. The van der Waals surface area contributed by atoms with E-state index in [0.29, 0.717) is 4.47 Å². The molecule has 0 aliphatic heterocycles. The lowest BCUT2D eigenvalue weighted by molar-refractivity contribution is -0.386. The van der Waals surface area contributed by atoms with Gasteiger partial charge in [-0.3, -0.25) is 10.1 Å². The van der Waals surface area contributed by atoms with Crippen molar-refractivity contribution in [1.82, 2.24) is 0 Å².